The summed E-state index contributed by atoms with van der Waals surface area (Å²) in [5.74, 6) is -0.689. The zero-order valence-corrected chi connectivity index (χ0v) is 14.9. The fourth-order valence-corrected chi connectivity index (χ4v) is 3.41. The van der Waals surface area contributed by atoms with Crippen LogP contribution in [0.4, 0.5) is 0 Å². The smallest absolute Gasteiger partial charge is 0.342 e. The molecule has 0 radical (unpaired) electrons. The van der Waals surface area contributed by atoms with Crippen LogP contribution >= 0.6 is 11.8 Å². The van der Waals surface area contributed by atoms with Crippen molar-refractivity contribution < 1.29 is 14.3 Å². The molecule has 1 aliphatic rings. The van der Waals surface area contributed by atoms with E-state index in [-0.39, 0.29) is 5.91 Å². The minimum absolute atomic E-state index is 0.161. The summed E-state index contributed by atoms with van der Waals surface area (Å²) in [4.78, 5) is 31.5. The van der Waals surface area contributed by atoms with Gasteiger partial charge in [0.05, 0.1) is 5.56 Å². The summed E-state index contributed by atoms with van der Waals surface area (Å²) in [6, 6.07) is 12.5. The van der Waals surface area contributed by atoms with E-state index in [0.717, 1.165) is 12.8 Å². The zero-order valence-electron chi connectivity index (χ0n) is 14.1. The summed E-state index contributed by atoms with van der Waals surface area (Å²) in [6.07, 6.45) is 4.53. The molecule has 2 aromatic rings. The van der Waals surface area contributed by atoms with Crippen molar-refractivity contribution in [2.24, 2.45) is 0 Å². The third-order valence-electron chi connectivity index (χ3n) is 4.15. The molecule has 0 spiro atoms. The van der Waals surface area contributed by atoms with Gasteiger partial charge in [0.2, 0.25) is 6.10 Å². The van der Waals surface area contributed by atoms with Crippen molar-refractivity contribution in [1.82, 2.24) is 9.88 Å². The fraction of sp³-hybridized carbons (Fsp3) is 0.316. The van der Waals surface area contributed by atoms with Crippen LogP contribution in [0.1, 0.15) is 34.9 Å². The highest BCUT2D eigenvalue weighted by molar-refractivity contribution is 7.98. The molecule has 3 rings (SSSR count). The van der Waals surface area contributed by atoms with Gasteiger partial charge in [0.15, 0.2) is 0 Å². The average Bonchev–Trinajstić information content (AvgIpc) is 3.21. The van der Waals surface area contributed by atoms with Crippen LogP contribution in [0.15, 0.2) is 53.7 Å². The number of rotatable bonds is 5. The second-order valence-corrected chi connectivity index (χ2v) is 6.58. The summed E-state index contributed by atoms with van der Waals surface area (Å²) in [5, 5.41) is 0.591. The first kappa shape index (κ1) is 17.5. The number of thioether (sulfide) groups is 1. The topological polar surface area (TPSA) is 59.5 Å². The number of carbonyl (C=O) groups excluding carboxylic acids is 2. The number of hydrogen-bond donors (Lipinski definition) is 0. The van der Waals surface area contributed by atoms with E-state index >= 15 is 0 Å². The van der Waals surface area contributed by atoms with E-state index in [1.807, 2.05) is 36.6 Å². The van der Waals surface area contributed by atoms with Gasteiger partial charge in [-0.25, -0.2) is 9.78 Å². The van der Waals surface area contributed by atoms with Crippen LogP contribution in [-0.4, -0.2) is 41.1 Å². The lowest BCUT2D eigenvalue weighted by molar-refractivity contribution is -0.140. The highest BCUT2D eigenvalue weighted by Gasteiger charge is 2.31. The number of nitrogens with zero attached hydrogens (tertiary/aromatic N) is 2. The third-order valence-corrected chi connectivity index (χ3v) is 4.87. The summed E-state index contributed by atoms with van der Waals surface area (Å²) in [5.41, 5.74) is 1.06. The van der Waals surface area contributed by atoms with E-state index < -0.39 is 12.1 Å². The first-order valence-electron chi connectivity index (χ1n) is 8.24. The molecule has 0 saturated carbocycles. The van der Waals surface area contributed by atoms with Gasteiger partial charge < -0.3 is 9.64 Å². The van der Waals surface area contributed by atoms with E-state index in [0.29, 0.717) is 29.2 Å². The Morgan fingerprint density at radius 3 is 2.52 bits per heavy atom. The van der Waals surface area contributed by atoms with Crippen molar-refractivity contribution in [2.75, 3.05) is 19.3 Å². The monoisotopic (exact) mass is 356 g/mol. The standard InChI is InChI=1S/C19H20N2O3S/c1-25-17-15(10-7-11-20-17)19(23)24-16(14-8-3-2-4-9-14)18(22)21-12-5-6-13-21/h2-4,7-11,16H,5-6,12-13H2,1H3/t16-/m0/s1. The van der Waals surface area contributed by atoms with Crippen molar-refractivity contribution in [3.63, 3.8) is 0 Å². The van der Waals surface area contributed by atoms with Crippen LogP contribution in [0.25, 0.3) is 0 Å². The minimum atomic E-state index is -0.929. The SMILES string of the molecule is CSc1ncccc1C(=O)O[C@H](C(=O)N1CCCC1)c1ccccc1. The lowest BCUT2D eigenvalue weighted by atomic mass is 10.1. The highest BCUT2D eigenvalue weighted by atomic mass is 32.2. The quantitative estimate of drug-likeness (QED) is 0.607. The van der Waals surface area contributed by atoms with Crippen LogP contribution in [0.3, 0.4) is 0 Å². The summed E-state index contributed by atoms with van der Waals surface area (Å²) >= 11 is 1.37. The van der Waals surface area contributed by atoms with Crippen LogP contribution in [-0.2, 0) is 9.53 Å². The largest absolute Gasteiger partial charge is 0.444 e. The van der Waals surface area contributed by atoms with Crippen LogP contribution in [0, 0.1) is 0 Å². The zero-order chi connectivity index (χ0) is 17.6. The molecule has 6 heteroatoms. The molecule has 1 aromatic heterocycles. The number of benzene rings is 1. The maximum absolute atomic E-state index is 12.9. The van der Waals surface area contributed by atoms with Crippen molar-refractivity contribution in [2.45, 2.75) is 24.0 Å². The molecule has 1 aliphatic heterocycles. The highest BCUT2D eigenvalue weighted by Crippen LogP contribution is 2.26. The molecule has 1 aromatic carbocycles. The van der Waals surface area contributed by atoms with E-state index in [2.05, 4.69) is 4.98 Å². The van der Waals surface area contributed by atoms with E-state index in [9.17, 15) is 9.59 Å². The molecule has 0 N–H and O–H groups in total. The number of aromatic nitrogens is 1. The maximum atomic E-state index is 12.9. The Morgan fingerprint density at radius 1 is 1.12 bits per heavy atom. The first-order chi connectivity index (χ1) is 12.2. The number of likely N-dealkylation sites (tertiary alicyclic amines) is 1. The van der Waals surface area contributed by atoms with Gasteiger partial charge in [0, 0.05) is 24.8 Å². The Bertz CT molecular complexity index is 745. The van der Waals surface area contributed by atoms with Crippen molar-refractivity contribution in [3.05, 3.63) is 59.8 Å². The fourth-order valence-electron chi connectivity index (χ4n) is 2.87. The van der Waals surface area contributed by atoms with Crippen molar-refractivity contribution in [1.29, 1.82) is 0 Å². The Hall–Kier alpha value is -2.34. The molecule has 2 heterocycles. The molecule has 0 aliphatic carbocycles. The van der Waals surface area contributed by atoms with E-state index in [4.69, 9.17) is 4.74 Å². The van der Waals surface area contributed by atoms with Gasteiger partial charge in [-0.1, -0.05) is 30.3 Å². The first-order valence-corrected chi connectivity index (χ1v) is 9.47. The molecule has 5 nitrogen and oxygen atoms in total. The van der Waals surface area contributed by atoms with E-state index in [1.54, 1.807) is 23.2 Å². The number of ether oxygens (including phenoxy) is 1. The lowest BCUT2D eigenvalue weighted by Crippen LogP contribution is -2.35. The number of amides is 1. The van der Waals surface area contributed by atoms with Gasteiger partial charge in [0.1, 0.15) is 5.03 Å². The van der Waals surface area contributed by atoms with Crippen molar-refractivity contribution >= 4 is 23.6 Å². The number of esters is 1. The predicted octanol–water partition coefficient (Wildman–Crippen LogP) is 3.32. The normalized spacial score (nSPS) is 15.0. The molecular weight excluding hydrogens is 336 g/mol. The maximum Gasteiger partial charge on any atom is 0.342 e. The Kier molecular flexibility index (Phi) is 5.71. The molecule has 1 atom stereocenters. The second kappa shape index (κ2) is 8.16. The summed E-state index contributed by atoms with van der Waals surface area (Å²) in [6.45, 7) is 1.42. The van der Waals surface area contributed by atoms with Gasteiger partial charge >= 0.3 is 5.97 Å². The van der Waals surface area contributed by atoms with Gasteiger partial charge in [-0.3, -0.25) is 4.79 Å². The Labute approximate surface area is 151 Å². The average molecular weight is 356 g/mol. The van der Waals surface area contributed by atoms with E-state index in [1.165, 1.54) is 11.8 Å². The summed E-state index contributed by atoms with van der Waals surface area (Å²) in [7, 11) is 0. The van der Waals surface area contributed by atoms with Gasteiger partial charge in [-0.05, 0) is 31.2 Å². The Morgan fingerprint density at radius 2 is 1.84 bits per heavy atom. The second-order valence-electron chi connectivity index (χ2n) is 5.79. The third kappa shape index (κ3) is 4.02. The molecule has 0 unspecified atom stereocenters. The Balaban J connectivity index is 1.87. The van der Waals surface area contributed by atoms with Crippen LogP contribution < -0.4 is 0 Å². The lowest BCUT2D eigenvalue weighted by Gasteiger charge is -2.23. The summed E-state index contributed by atoms with van der Waals surface area (Å²) < 4.78 is 5.66. The molecular formula is C19H20N2O3S. The predicted molar refractivity (Wildman–Crippen MR) is 96.4 cm³/mol. The number of pyridine rings is 1. The number of carbonyl (C=O) groups is 2. The van der Waals surface area contributed by atoms with Crippen molar-refractivity contribution in [3.8, 4) is 0 Å². The molecule has 25 heavy (non-hydrogen) atoms. The van der Waals surface area contributed by atoms with Gasteiger partial charge in [0.25, 0.3) is 5.91 Å². The molecule has 1 amide bonds. The van der Waals surface area contributed by atoms with Gasteiger partial charge in [-0.2, -0.15) is 0 Å². The molecule has 1 fully saturated rings. The van der Waals surface area contributed by atoms with Crippen LogP contribution in [0.5, 0.6) is 0 Å². The minimum Gasteiger partial charge on any atom is -0.444 e. The molecule has 130 valence electrons. The van der Waals surface area contributed by atoms with Gasteiger partial charge in [-0.15, -0.1) is 11.8 Å². The molecule has 1 saturated heterocycles. The molecule has 0 bridgehead atoms. The number of hydrogen-bond acceptors (Lipinski definition) is 5. The van der Waals surface area contributed by atoms with Crippen LogP contribution in [0.2, 0.25) is 0 Å².